The van der Waals surface area contributed by atoms with Crippen LogP contribution in [0, 0.1) is 6.92 Å². The Hall–Kier alpha value is -1.84. The van der Waals surface area contributed by atoms with Gasteiger partial charge < -0.3 is 10.1 Å². The summed E-state index contributed by atoms with van der Waals surface area (Å²) in [6.07, 6.45) is 0.606. The van der Waals surface area contributed by atoms with Crippen LogP contribution in [-0.4, -0.2) is 57.2 Å². The predicted octanol–water partition coefficient (Wildman–Crippen LogP) is 1.14. The number of aromatic amines is 1. The van der Waals surface area contributed by atoms with Crippen molar-refractivity contribution in [2.45, 2.75) is 26.4 Å². The van der Waals surface area contributed by atoms with Gasteiger partial charge in [-0.15, -0.1) is 11.3 Å². The highest BCUT2D eigenvalue weighted by Gasteiger charge is 2.26. The van der Waals surface area contributed by atoms with Crippen molar-refractivity contribution < 1.29 is 9.53 Å². The molecule has 8 nitrogen and oxygen atoms in total. The molecular formula is C14H20N6O2S. The summed E-state index contributed by atoms with van der Waals surface area (Å²) in [4.78, 5) is 22.8. The number of hydrogen-bond donors (Lipinski definition) is 2. The van der Waals surface area contributed by atoms with E-state index < -0.39 is 0 Å². The number of anilines is 1. The highest BCUT2D eigenvalue weighted by molar-refractivity contribution is 7.13. The lowest BCUT2D eigenvalue weighted by Gasteiger charge is -2.30. The quantitative estimate of drug-likeness (QED) is 0.850. The van der Waals surface area contributed by atoms with Crippen LogP contribution in [0.5, 0.6) is 0 Å². The maximum atomic E-state index is 12.1. The summed E-state index contributed by atoms with van der Waals surface area (Å²) < 4.78 is 5.73. The Balaban J connectivity index is 1.54. The fraction of sp³-hybridized carbons (Fsp3) is 0.571. The lowest BCUT2D eigenvalue weighted by Crippen LogP contribution is -2.42. The van der Waals surface area contributed by atoms with E-state index in [2.05, 4.69) is 25.5 Å². The van der Waals surface area contributed by atoms with E-state index in [1.807, 2.05) is 24.1 Å². The molecule has 1 amide bonds. The number of rotatable bonds is 5. The van der Waals surface area contributed by atoms with Gasteiger partial charge in [0.1, 0.15) is 11.9 Å². The molecule has 1 aliphatic heterocycles. The molecule has 0 radical (unpaired) electrons. The van der Waals surface area contributed by atoms with Gasteiger partial charge in [0, 0.05) is 24.9 Å². The highest BCUT2D eigenvalue weighted by Crippen LogP contribution is 2.19. The summed E-state index contributed by atoms with van der Waals surface area (Å²) in [6.45, 7) is 6.11. The number of morpholine rings is 1. The van der Waals surface area contributed by atoms with Crippen LogP contribution >= 0.6 is 11.3 Å². The van der Waals surface area contributed by atoms with Crippen molar-refractivity contribution >= 4 is 22.4 Å². The third-order valence-electron chi connectivity index (χ3n) is 3.56. The first kappa shape index (κ1) is 16.0. The molecule has 1 saturated heterocycles. The summed E-state index contributed by atoms with van der Waals surface area (Å²) >= 11 is 1.43. The Morgan fingerprint density at radius 3 is 3.13 bits per heavy atom. The summed E-state index contributed by atoms with van der Waals surface area (Å²) in [5.41, 5.74) is 0.910. The minimum atomic E-state index is -0.199. The van der Waals surface area contributed by atoms with Gasteiger partial charge in [-0.1, -0.05) is 6.92 Å². The molecule has 1 aliphatic rings. The van der Waals surface area contributed by atoms with Crippen molar-refractivity contribution in [3.8, 4) is 0 Å². The zero-order valence-corrected chi connectivity index (χ0v) is 14.0. The van der Waals surface area contributed by atoms with Gasteiger partial charge in [0.15, 0.2) is 11.0 Å². The number of ether oxygens (including phenoxy) is 1. The van der Waals surface area contributed by atoms with Crippen LogP contribution in [0.3, 0.4) is 0 Å². The molecule has 2 aromatic rings. The van der Waals surface area contributed by atoms with Crippen molar-refractivity contribution in [2.75, 3.05) is 31.6 Å². The first-order valence-electron chi connectivity index (χ1n) is 7.61. The second-order valence-corrected chi connectivity index (χ2v) is 6.29. The lowest BCUT2D eigenvalue weighted by molar-refractivity contribution is -0.119. The first-order valence-corrected chi connectivity index (χ1v) is 8.49. The molecule has 2 aromatic heterocycles. The Morgan fingerprint density at radius 2 is 2.43 bits per heavy atom. The van der Waals surface area contributed by atoms with Crippen molar-refractivity contribution in [1.29, 1.82) is 0 Å². The van der Waals surface area contributed by atoms with Crippen LogP contribution in [0.15, 0.2) is 5.38 Å². The van der Waals surface area contributed by atoms with Gasteiger partial charge in [-0.2, -0.15) is 5.10 Å². The van der Waals surface area contributed by atoms with Crippen LogP contribution in [0.25, 0.3) is 0 Å². The fourth-order valence-electron chi connectivity index (χ4n) is 2.39. The smallest absolute Gasteiger partial charge is 0.240 e. The van der Waals surface area contributed by atoms with Crippen molar-refractivity contribution in [1.82, 2.24) is 25.1 Å². The molecule has 1 fully saturated rings. The fourth-order valence-corrected chi connectivity index (χ4v) is 3.09. The van der Waals surface area contributed by atoms with Crippen molar-refractivity contribution in [3.05, 3.63) is 22.7 Å². The minimum absolute atomic E-state index is 0.0655. The average molecular weight is 336 g/mol. The van der Waals surface area contributed by atoms with Crippen molar-refractivity contribution in [3.63, 3.8) is 0 Å². The van der Waals surface area contributed by atoms with Crippen LogP contribution < -0.4 is 5.32 Å². The summed E-state index contributed by atoms with van der Waals surface area (Å²) in [5, 5.41) is 12.5. The van der Waals surface area contributed by atoms with Gasteiger partial charge in [0.2, 0.25) is 5.91 Å². The monoisotopic (exact) mass is 336 g/mol. The SMILES string of the molecule is CCc1nc([C@H]2CN(CC(=O)Nc3nc(C)cs3)CCO2)n[nH]1. The number of nitrogens with one attached hydrogen (secondary N) is 2. The number of carbonyl (C=O) groups excluding carboxylic acids is 1. The average Bonchev–Trinajstić information content (AvgIpc) is 3.16. The maximum Gasteiger partial charge on any atom is 0.240 e. The van der Waals surface area contributed by atoms with Crippen LogP contribution in [-0.2, 0) is 16.0 Å². The second-order valence-electron chi connectivity index (χ2n) is 5.43. The van der Waals surface area contributed by atoms with E-state index in [1.165, 1.54) is 11.3 Å². The van der Waals surface area contributed by atoms with Gasteiger partial charge in [0.25, 0.3) is 0 Å². The van der Waals surface area contributed by atoms with Gasteiger partial charge in [-0.25, -0.2) is 9.97 Å². The first-order chi connectivity index (χ1) is 11.1. The molecule has 124 valence electrons. The number of nitrogens with zero attached hydrogens (tertiary/aromatic N) is 4. The molecule has 3 heterocycles. The number of thiazole rings is 1. The lowest BCUT2D eigenvalue weighted by atomic mass is 10.2. The maximum absolute atomic E-state index is 12.1. The third kappa shape index (κ3) is 4.12. The topological polar surface area (TPSA) is 96.0 Å². The molecule has 0 aromatic carbocycles. The van der Waals surface area contributed by atoms with E-state index >= 15 is 0 Å². The van der Waals surface area contributed by atoms with Crippen molar-refractivity contribution in [2.24, 2.45) is 0 Å². The van der Waals surface area contributed by atoms with E-state index in [0.717, 1.165) is 17.9 Å². The Morgan fingerprint density at radius 1 is 1.57 bits per heavy atom. The normalized spacial score (nSPS) is 19.0. The standard InChI is InChI=1S/C14H20N6O2S/c1-3-11-16-13(19-18-11)10-6-20(4-5-22-10)7-12(21)17-14-15-9(2)8-23-14/h8,10H,3-7H2,1-2H3,(H,15,17,21)(H,16,18,19)/t10-/m1/s1. The zero-order valence-electron chi connectivity index (χ0n) is 13.2. The Labute approximate surface area is 138 Å². The molecule has 23 heavy (non-hydrogen) atoms. The molecule has 9 heteroatoms. The van der Waals surface area contributed by atoms with Crippen LogP contribution in [0.2, 0.25) is 0 Å². The number of aromatic nitrogens is 4. The van der Waals surface area contributed by atoms with E-state index in [1.54, 1.807) is 0 Å². The zero-order chi connectivity index (χ0) is 16.2. The second kappa shape index (κ2) is 7.16. The molecule has 0 bridgehead atoms. The molecule has 0 saturated carbocycles. The Bertz CT molecular complexity index is 670. The number of amides is 1. The minimum Gasteiger partial charge on any atom is -0.367 e. The van der Waals surface area contributed by atoms with E-state index in [-0.39, 0.29) is 12.0 Å². The van der Waals surface area contributed by atoms with Crippen LogP contribution in [0.1, 0.15) is 30.4 Å². The largest absolute Gasteiger partial charge is 0.367 e. The number of H-pyrrole nitrogens is 1. The number of aryl methyl sites for hydroxylation is 2. The number of hydrogen-bond acceptors (Lipinski definition) is 7. The third-order valence-corrected chi connectivity index (χ3v) is 4.43. The molecule has 1 atom stereocenters. The van der Waals surface area contributed by atoms with Gasteiger partial charge in [-0.3, -0.25) is 14.8 Å². The van der Waals surface area contributed by atoms with E-state index in [9.17, 15) is 4.79 Å². The molecule has 0 aliphatic carbocycles. The molecular weight excluding hydrogens is 316 g/mol. The molecule has 0 spiro atoms. The summed E-state index contributed by atoms with van der Waals surface area (Å²) in [7, 11) is 0. The van der Waals surface area contributed by atoms with Gasteiger partial charge >= 0.3 is 0 Å². The number of carbonyl (C=O) groups is 1. The molecule has 2 N–H and O–H groups in total. The van der Waals surface area contributed by atoms with Crippen LogP contribution in [0.4, 0.5) is 5.13 Å². The Kier molecular flexibility index (Phi) is 4.99. The van der Waals surface area contributed by atoms with Gasteiger partial charge in [-0.05, 0) is 6.92 Å². The van der Waals surface area contributed by atoms with E-state index in [0.29, 0.717) is 37.2 Å². The summed E-state index contributed by atoms with van der Waals surface area (Å²) in [6, 6.07) is 0. The molecule has 3 rings (SSSR count). The van der Waals surface area contributed by atoms with Gasteiger partial charge in [0.05, 0.1) is 18.8 Å². The highest BCUT2D eigenvalue weighted by atomic mass is 32.1. The van der Waals surface area contributed by atoms with E-state index in [4.69, 9.17) is 4.74 Å². The predicted molar refractivity (Wildman–Crippen MR) is 86.4 cm³/mol. The summed E-state index contributed by atoms with van der Waals surface area (Å²) in [5.74, 6) is 1.43. The molecule has 0 unspecified atom stereocenters.